The highest BCUT2D eigenvalue weighted by atomic mass is 16.5. The third-order valence-electron chi connectivity index (χ3n) is 2.33. The van der Waals surface area contributed by atoms with E-state index in [-0.39, 0.29) is 11.3 Å². The molecule has 0 saturated carbocycles. The molecule has 0 atom stereocenters. The molecule has 0 aliphatic heterocycles. The zero-order valence-electron chi connectivity index (χ0n) is 10.3. The smallest absolute Gasteiger partial charge is 0.295 e. The summed E-state index contributed by atoms with van der Waals surface area (Å²) >= 11 is 0. The van der Waals surface area contributed by atoms with Crippen LogP contribution in [0.5, 0.6) is 5.75 Å². The normalized spacial score (nSPS) is 10.2. The van der Waals surface area contributed by atoms with Crippen LogP contribution in [-0.4, -0.2) is 37.3 Å². The quantitative estimate of drug-likeness (QED) is 0.664. The SMILES string of the molecule is COCCCCCNc1nc[nH]c(=O)c1OC. The minimum Gasteiger partial charge on any atom is -0.489 e. The standard InChI is InChI=1S/C11H19N3O3/c1-16-7-5-3-4-6-12-10-9(17-2)11(15)14-8-13-10/h8H,3-7H2,1-2H3,(H2,12,13,14,15). The molecule has 0 amide bonds. The maximum atomic E-state index is 11.4. The molecule has 6 heteroatoms. The largest absolute Gasteiger partial charge is 0.489 e. The Balaban J connectivity index is 2.36. The molecule has 0 fully saturated rings. The van der Waals surface area contributed by atoms with E-state index in [1.807, 2.05) is 0 Å². The van der Waals surface area contributed by atoms with Gasteiger partial charge in [0.2, 0.25) is 5.75 Å². The van der Waals surface area contributed by atoms with Crippen LogP contribution >= 0.6 is 0 Å². The molecule has 2 N–H and O–H groups in total. The van der Waals surface area contributed by atoms with Gasteiger partial charge in [0.05, 0.1) is 13.4 Å². The number of anilines is 1. The van der Waals surface area contributed by atoms with Gasteiger partial charge in [0.1, 0.15) is 0 Å². The van der Waals surface area contributed by atoms with Gasteiger partial charge in [-0.15, -0.1) is 0 Å². The van der Waals surface area contributed by atoms with Crippen LogP contribution in [0.25, 0.3) is 0 Å². The molecule has 0 aliphatic carbocycles. The van der Waals surface area contributed by atoms with E-state index < -0.39 is 0 Å². The lowest BCUT2D eigenvalue weighted by atomic mass is 10.2. The lowest BCUT2D eigenvalue weighted by Gasteiger charge is -2.08. The van der Waals surface area contributed by atoms with Crippen LogP contribution in [0.3, 0.4) is 0 Å². The van der Waals surface area contributed by atoms with E-state index >= 15 is 0 Å². The highest BCUT2D eigenvalue weighted by Crippen LogP contribution is 2.14. The van der Waals surface area contributed by atoms with Gasteiger partial charge in [-0.3, -0.25) is 4.79 Å². The molecule has 1 heterocycles. The minimum absolute atomic E-state index is 0.226. The van der Waals surface area contributed by atoms with Crippen molar-refractivity contribution < 1.29 is 9.47 Å². The summed E-state index contributed by atoms with van der Waals surface area (Å²) in [5.41, 5.74) is -0.274. The Hall–Kier alpha value is -1.56. The number of aromatic amines is 1. The molecule has 1 rings (SSSR count). The Bertz CT molecular complexity index is 378. The fourth-order valence-corrected chi connectivity index (χ4v) is 1.46. The van der Waals surface area contributed by atoms with Crippen LogP contribution in [0.4, 0.5) is 5.82 Å². The second kappa shape index (κ2) is 7.67. The second-order valence-electron chi connectivity index (χ2n) is 3.59. The van der Waals surface area contributed by atoms with Crippen molar-refractivity contribution in [2.24, 2.45) is 0 Å². The number of nitrogens with one attached hydrogen (secondary N) is 2. The first-order valence-electron chi connectivity index (χ1n) is 5.64. The summed E-state index contributed by atoms with van der Waals surface area (Å²) in [5.74, 6) is 0.715. The van der Waals surface area contributed by atoms with Gasteiger partial charge < -0.3 is 19.8 Å². The van der Waals surface area contributed by atoms with Gasteiger partial charge in [0, 0.05) is 20.3 Å². The average Bonchev–Trinajstić information content (AvgIpc) is 2.34. The van der Waals surface area contributed by atoms with Crippen molar-refractivity contribution >= 4 is 5.82 Å². The van der Waals surface area contributed by atoms with Crippen LogP contribution < -0.4 is 15.6 Å². The monoisotopic (exact) mass is 241 g/mol. The van der Waals surface area contributed by atoms with Crippen LogP contribution in [0, 0.1) is 0 Å². The molecule has 0 bridgehead atoms. The van der Waals surface area contributed by atoms with E-state index in [1.165, 1.54) is 13.4 Å². The van der Waals surface area contributed by atoms with Crippen LogP contribution in [0.2, 0.25) is 0 Å². The first-order chi connectivity index (χ1) is 8.29. The number of rotatable bonds is 8. The van der Waals surface area contributed by atoms with E-state index in [9.17, 15) is 4.79 Å². The Morgan fingerprint density at radius 3 is 2.88 bits per heavy atom. The van der Waals surface area contributed by atoms with Gasteiger partial charge in [-0.25, -0.2) is 4.98 Å². The second-order valence-corrected chi connectivity index (χ2v) is 3.59. The fourth-order valence-electron chi connectivity index (χ4n) is 1.46. The number of ether oxygens (including phenoxy) is 2. The zero-order valence-corrected chi connectivity index (χ0v) is 10.3. The fraction of sp³-hybridized carbons (Fsp3) is 0.636. The van der Waals surface area contributed by atoms with Gasteiger partial charge in [0.15, 0.2) is 5.82 Å². The van der Waals surface area contributed by atoms with Gasteiger partial charge in [-0.05, 0) is 19.3 Å². The van der Waals surface area contributed by atoms with Crippen molar-refractivity contribution in [1.82, 2.24) is 9.97 Å². The maximum absolute atomic E-state index is 11.4. The predicted octanol–water partition coefficient (Wildman–Crippen LogP) is 1.01. The Morgan fingerprint density at radius 2 is 2.18 bits per heavy atom. The lowest BCUT2D eigenvalue weighted by molar-refractivity contribution is 0.192. The molecule has 1 aromatic heterocycles. The van der Waals surface area contributed by atoms with Crippen molar-refractivity contribution in [3.05, 3.63) is 16.7 Å². The number of methoxy groups -OCH3 is 2. The molecular formula is C11H19N3O3. The number of unbranched alkanes of at least 4 members (excludes halogenated alkanes) is 2. The molecule has 0 unspecified atom stereocenters. The van der Waals surface area contributed by atoms with E-state index in [1.54, 1.807) is 7.11 Å². The van der Waals surface area contributed by atoms with E-state index in [0.717, 1.165) is 32.4 Å². The first-order valence-corrected chi connectivity index (χ1v) is 5.64. The zero-order chi connectivity index (χ0) is 12.5. The molecule has 0 spiro atoms. The number of hydrogen-bond donors (Lipinski definition) is 2. The van der Waals surface area contributed by atoms with Crippen LogP contribution in [0.15, 0.2) is 11.1 Å². The van der Waals surface area contributed by atoms with E-state index in [4.69, 9.17) is 9.47 Å². The van der Waals surface area contributed by atoms with Crippen molar-refractivity contribution in [3.63, 3.8) is 0 Å². The first kappa shape index (κ1) is 13.5. The van der Waals surface area contributed by atoms with E-state index in [2.05, 4.69) is 15.3 Å². The topological polar surface area (TPSA) is 76.2 Å². The summed E-state index contributed by atoms with van der Waals surface area (Å²) in [6, 6.07) is 0. The molecule has 6 nitrogen and oxygen atoms in total. The lowest BCUT2D eigenvalue weighted by Crippen LogP contribution is -2.14. The Kier molecular flexibility index (Phi) is 6.09. The molecule has 0 saturated heterocycles. The van der Waals surface area contributed by atoms with Gasteiger partial charge in [-0.2, -0.15) is 0 Å². The average molecular weight is 241 g/mol. The van der Waals surface area contributed by atoms with Crippen LogP contribution in [-0.2, 0) is 4.74 Å². The summed E-state index contributed by atoms with van der Waals surface area (Å²) < 4.78 is 9.94. The van der Waals surface area contributed by atoms with Crippen molar-refractivity contribution in [2.45, 2.75) is 19.3 Å². The van der Waals surface area contributed by atoms with Crippen molar-refractivity contribution in [2.75, 3.05) is 32.7 Å². The van der Waals surface area contributed by atoms with E-state index in [0.29, 0.717) is 5.82 Å². The summed E-state index contributed by atoms with van der Waals surface area (Å²) in [5, 5.41) is 3.08. The predicted molar refractivity (Wildman–Crippen MR) is 65.6 cm³/mol. The number of aromatic nitrogens is 2. The maximum Gasteiger partial charge on any atom is 0.295 e. The summed E-state index contributed by atoms with van der Waals surface area (Å²) in [6.07, 6.45) is 4.48. The summed E-state index contributed by atoms with van der Waals surface area (Å²) in [6.45, 7) is 1.54. The molecular weight excluding hydrogens is 222 g/mol. The number of hydrogen-bond acceptors (Lipinski definition) is 5. The third kappa shape index (κ3) is 4.44. The van der Waals surface area contributed by atoms with Gasteiger partial charge in [0.25, 0.3) is 5.56 Å². The molecule has 17 heavy (non-hydrogen) atoms. The highest BCUT2D eigenvalue weighted by Gasteiger charge is 2.07. The molecule has 0 radical (unpaired) electrons. The van der Waals surface area contributed by atoms with Crippen LogP contribution in [0.1, 0.15) is 19.3 Å². The molecule has 0 aromatic carbocycles. The van der Waals surface area contributed by atoms with Crippen molar-refractivity contribution in [3.8, 4) is 5.75 Å². The summed E-state index contributed by atoms with van der Waals surface area (Å²) in [7, 11) is 3.15. The van der Waals surface area contributed by atoms with Gasteiger partial charge >= 0.3 is 0 Å². The molecule has 0 aliphatic rings. The minimum atomic E-state index is -0.274. The Labute approximate surface area is 100 Å². The molecule has 1 aromatic rings. The molecule has 96 valence electrons. The highest BCUT2D eigenvalue weighted by molar-refractivity contribution is 5.47. The van der Waals surface area contributed by atoms with Crippen molar-refractivity contribution in [1.29, 1.82) is 0 Å². The Morgan fingerprint density at radius 1 is 1.35 bits per heavy atom. The number of H-pyrrole nitrogens is 1. The number of nitrogens with zero attached hydrogens (tertiary/aromatic N) is 1. The van der Waals surface area contributed by atoms with Gasteiger partial charge in [-0.1, -0.05) is 0 Å². The summed E-state index contributed by atoms with van der Waals surface area (Å²) in [4.78, 5) is 17.9. The third-order valence-corrected chi connectivity index (χ3v) is 2.33.